The smallest absolute Gasteiger partial charge is 0.313 e. The lowest BCUT2D eigenvalue weighted by molar-refractivity contribution is -0.145. The fraction of sp³-hybridized carbons (Fsp3) is 0.143. The number of Topliss-reactive ketones (excluding diaryl/α,β-unsaturated/α-hetero) is 1. The second kappa shape index (κ2) is 7.96. The number of amides is 2. The Hall–Kier alpha value is -3.61. The lowest BCUT2D eigenvalue weighted by Crippen LogP contribution is -2.33. The van der Waals surface area contributed by atoms with Gasteiger partial charge in [-0.15, -0.1) is 0 Å². The molecule has 0 saturated carbocycles. The first-order valence-electron chi connectivity index (χ1n) is 8.56. The molecule has 1 aliphatic rings. The summed E-state index contributed by atoms with van der Waals surface area (Å²) in [5.74, 6) is -3.47. The summed E-state index contributed by atoms with van der Waals surface area (Å²) in [6.07, 6.45) is 0.564. The maximum Gasteiger partial charge on any atom is 0.313 e. The van der Waals surface area contributed by atoms with E-state index < -0.39 is 35.8 Å². The third kappa shape index (κ3) is 3.73. The molecule has 7 heteroatoms. The quantitative estimate of drug-likeness (QED) is 0.333. The highest BCUT2D eigenvalue weighted by Gasteiger charge is 2.39. The number of allylic oxidation sites excluding steroid dienone is 1. The number of benzene rings is 2. The van der Waals surface area contributed by atoms with Gasteiger partial charge in [-0.2, -0.15) is 0 Å². The van der Waals surface area contributed by atoms with E-state index in [2.05, 4.69) is 0 Å². The van der Waals surface area contributed by atoms with Crippen molar-refractivity contribution in [1.82, 2.24) is 4.90 Å². The van der Waals surface area contributed by atoms with Crippen molar-refractivity contribution in [3.05, 3.63) is 76.7 Å². The number of ketones is 1. The average molecular weight is 381 g/mol. The molecule has 0 fully saturated rings. The van der Waals surface area contributed by atoms with E-state index >= 15 is 0 Å². The number of carbonyl (C=O) groups excluding carboxylic acids is 4. The Morgan fingerprint density at radius 1 is 1.04 bits per heavy atom. The summed E-state index contributed by atoms with van der Waals surface area (Å²) in [5.41, 5.74) is 0.261. The molecule has 2 amide bonds. The first kappa shape index (κ1) is 19.2. The largest absolute Gasteiger partial charge is 0.466 e. The Morgan fingerprint density at radius 2 is 1.68 bits per heavy atom. The molecule has 0 saturated heterocycles. The summed E-state index contributed by atoms with van der Waals surface area (Å²) < 4.78 is 18.3. The molecule has 0 aliphatic carbocycles. The fourth-order valence-corrected chi connectivity index (χ4v) is 2.87. The zero-order chi connectivity index (χ0) is 20.3. The minimum atomic E-state index is -0.783. The highest BCUT2D eigenvalue weighted by molar-refractivity contribution is 6.26. The summed E-state index contributed by atoms with van der Waals surface area (Å²) in [6, 6.07) is 11.5. The minimum Gasteiger partial charge on any atom is -0.466 e. The predicted octanol–water partition coefficient (Wildman–Crippen LogP) is 2.99. The van der Waals surface area contributed by atoms with Gasteiger partial charge in [-0.05, 0) is 42.8 Å². The molecular formula is C21H16FNO5. The summed E-state index contributed by atoms with van der Waals surface area (Å²) in [5, 5.41) is 0. The van der Waals surface area contributed by atoms with Crippen LogP contribution < -0.4 is 0 Å². The van der Waals surface area contributed by atoms with E-state index in [1.807, 2.05) is 0 Å². The monoisotopic (exact) mass is 381 g/mol. The molecule has 2 aromatic carbocycles. The van der Waals surface area contributed by atoms with Crippen LogP contribution >= 0.6 is 0 Å². The Morgan fingerprint density at radius 3 is 2.25 bits per heavy atom. The number of hydrogen-bond acceptors (Lipinski definition) is 5. The van der Waals surface area contributed by atoms with E-state index in [1.54, 1.807) is 19.1 Å². The van der Waals surface area contributed by atoms with Crippen molar-refractivity contribution < 1.29 is 28.3 Å². The van der Waals surface area contributed by atoms with Gasteiger partial charge in [-0.25, -0.2) is 9.29 Å². The van der Waals surface area contributed by atoms with Gasteiger partial charge in [0.05, 0.1) is 23.4 Å². The van der Waals surface area contributed by atoms with Crippen molar-refractivity contribution in [2.45, 2.75) is 13.3 Å². The molecule has 2 aromatic rings. The SMILES string of the molecule is CCOC(=O)CC(=O)C(=Cc1cccc(F)c1)N1C(=O)c2ccccc2C1=O. The molecule has 0 radical (unpaired) electrons. The number of ether oxygens (including phenoxy) is 1. The van der Waals surface area contributed by atoms with Crippen LogP contribution in [0, 0.1) is 5.82 Å². The van der Waals surface area contributed by atoms with Crippen molar-refractivity contribution in [2.24, 2.45) is 0 Å². The fourth-order valence-electron chi connectivity index (χ4n) is 2.87. The molecule has 3 rings (SSSR count). The van der Waals surface area contributed by atoms with Gasteiger partial charge in [-0.1, -0.05) is 24.3 Å². The number of nitrogens with zero attached hydrogens (tertiary/aromatic N) is 1. The number of imide groups is 1. The van der Waals surface area contributed by atoms with Crippen LogP contribution in [0.15, 0.2) is 54.2 Å². The van der Waals surface area contributed by atoms with E-state index in [0.29, 0.717) is 0 Å². The van der Waals surface area contributed by atoms with Crippen LogP contribution in [0.25, 0.3) is 6.08 Å². The third-order valence-corrected chi connectivity index (χ3v) is 4.08. The van der Waals surface area contributed by atoms with E-state index in [-0.39, 0.29) is 29.0 Å². The van der Waals surface area contributed by atoms with Crippen LogP contribution in [0.2, 0.25) is 0 Å². The van der Waals surface area contributed by atoms with Crippen molar-refractivity contribution in [3.63, 3.8) is 0 Å². The Balaban J connectivity index is 2.04. The number of carbonyl (C=O) groups is 4. The first-order chi connectivity index (χ1) is 13.4. The zero-order valence-electron chi connectivity index (χ0n) is 15.0. The maximum absolute atomic E-state index is 13.5. The minimum absolute atomic E-state index is 0.0854. The van der Waals surface area contributed by atoms with Crippen LogP contribution in [0.3, 0.4) is 0 Å². The molecule has 0 N–H and O–H groups in total. The standard InChI is InChI=1S/C21H16FNO5/c1-2-28-19(25)12-18(24)17(11-13-6-5-7-14(22)10-13)23-20(26)15-8-3-4-9-16(15)21(23)27/h3-11H,2,12H2,1H3. The molecule has 142 valence electrons. The molecule has 0 spiro atoms. The third-order valence-electron chi connectivity index (χ3n) is 4.08. The van der Waals surface area contributed by atoms with Crippen LogP contribution in [0.5, 0.6) is 0 Å². The number of fused-ring (bicyclic) bond motifs is 1. The van der Waals surface area contributed by atoms with E-state index in [4.69, 9.17) is 4.74 Å². The normalized spacial score (nSPS) is 13.5. The topological polar surface area (TPSA) is 80.8 Å². The van der Waals surface area contributed by atoms with Crippen molar-refractivity contribution in [1.29, 1.82) is 0 Å². The average Bonchev–Trinajstić information content (AvgIpc) is 2.91. The first-order valence-corrected chi connectivity index (χ1v) is 8.56. The van der Waals surface area contributed by atoms with Crippen LogP contribution in [0.4, 0.5) is 4.39 Å². The number of halogens is 1. The second-order valence-electron chi connectivity index (χ2n) is 5.98. The summed E-state index contributed by atoms with van der Waals surface area (Å²) in [7, 11) is 0. The van der Waals surface area contributed by atoms with Gasteiger partial charge < -0.3 is 4.74 Å². The molecule has 28 heavy (non-hydrogen) atoms. The van der Waals surface area contributed by atoms with Gasteiger partial charge >= 0.3 is 5.97 Å². The number of esters is 1. The highest BCUT2D eigenvalue weighted by Crippen LogP contribution is 2.28. The predicted molar refractivity (Wildman–Crippen MR) is 97.6 cm³/mol. The summed E-state index contributed by atoms with van der Waals surface area (Å²) in [4.78, 5) is 50.7. The van der Waals surface area contributed by atoms with Crippen molar-refractivity contribution in [2.75, 3.05) is 6.61 Å². The number of rotatable bonds is 6. The van der Waals surface area contributed by atoms with Gasteiger partial charge in [0.15, 0.2) is 5.78 Å². The number of hydrogen-bond donors (Lipinski definition) is 0. The molecule has 0 unspecified atom stereocenters. The highest BCUT2D eigenvalue weighted by atomic mass is 19.1. The van der Waals surface area contributed by atoms with Crippen LogP contribution in [-0.2, 0) is 14.3 Å². The Labute approximate surface area is 160 Å². The van der Waals surface area contributed by atoms with Crippen molar-refractivity contribution in [3.8, 4) is 0 Å². The van der Waals surface area contributed by atoms with Gasteiger partial charge in [0.1, 0.15) is 12.2 Å². The summed E-state index contributed by atoms with van der Waals surface area (Å²) in [6.45, 7) is 1.68. The van der Waals surface area contributed by atoms with Crippen molar-refractivity contribution >= 4 is 29.6 Å². The zero-order valence-corrected chi connectivity index (χ0v) is 15.0. The lowest BCUT2D eigenvalue weighted by atomic mass is 10.1. The van der Waals surface area contributed by atoms with Gasteiger partial charge in [0, 0.05) is 0 Å². The van der Waals surface area contributed by atoms with Gasteiger partial charge in [0.2, 0.25) is 0 Å². The lowest BCUT2D eigenvalue weighted by Gasteiger charge is -2.17. The molecule has 0 atom stereocenters. The van der Waals surface area contributed by atoms with E-state index in [9.17, 15) is 23.6 Å². The van der Waals surface area contributed by atoms with Crippen LogP contribution in [-0.4, -0.2) is 35.1 Å². The Bertz CT molecular complexity index is 976. The van der Waals surface area contributed by atoms with Gasteiger partial charge in [-0.3, -0.25) is 19.2 Å². The molecule has 1 aliphatic heterocycles. The molecule has 0 aromatic heterocycles. The summed E-state index contributed by atoms with van der Waals surface area (Å²) >= 11 is 0. The molecule has 0 bridgehead atoms. The molecular weight excluding hydrogens is 365 g/mol. The van der Waals surface area contributed by atoms with E-state index in [0.717, 1.165) is 11.0 Å². The van der Waals surface area contributed by atoms with Gasteiger partial charge in [0.25, 0.3) is 11.8 Å². The van der Waals surface area contributed by atoms with Crippen LogP contribution in [0.1, 0.15) is 39.6 Å². The second-order valence-corrected chi connectivity index (χ2v) is 5.98. The Kier molecular flexibility index (Phi) is 5.44. The maximum atomic E-state index is 13.5. The molecule has 6 nitrogen and oxygen atoms in total. The van der Waals surface area contributed by atoms with E-state index in [1.165, 1.54) is 36.4 Å². The molecule has 1 heterocycles.